The van der Waals surface area contributed by atoms with Crippen LogP contribution in [0.3, 0.4) is 0 Å². The van der Waals surface area contributed by atoms with E-state index in [-0.39, 0.29) is 0 Å². The molecule has 2 aliphatic rings. The topological polar surface area (TPSA) is 16.4 Å². The second-order valence-electron chi connectivity index (χ2n) is 17.0. The monoisotopic (exact) mass is 799 g/mol. The van der Waals surface area contributed by atoms with Crippen molar-refractivity contribution < 1.29 is 4.42 Å². The Kier molecular flexibility index (Phi) is 7.07. The average Bonchev–Trinajstić information content (AvgIpc) is 3.99. The summed E-state index contributed by atoms with van der Waals surface area (Å²) in [6.45, 7) is 0. The Labute approximate surface area is 364 Å². The zero-order valence-electron chi connectivity index (χ0n) is 34.2. The van der Waals surface area contributed by atoms with Gasteiger partial charge in [0.1, 0.15) is 11.2 Å². The highest BCUT2D eigenvalue weighted by Gasteiger charge is 2.53. The summed E-state index contributed by atoms with van der Waals surface area (Å²) in [6.07, 6.45) is 0. The highest BCUT2D eigenvalue weighted by atomic mass is 16.3. The van der Waals surface area contributed by atoms with Gasteiger partial charge < -0.3 is 9.32 Å². The van der Waals surface area contributed by atoms with Gasteiger partial charge in [-0.2, -0.15) is 0 Å². The number of fused-ring (bicyclic) bond motifs is 19. The van der Waals surface area contributed by atoms with Crippen LogP contribution in [0.25, 0.3) is 87.6 Å². The lowest BCUT2D eigenvalue weighted by Gasteiger charge is -2.36. The van der Waals surface area contributed by atoms with Crippen LogP contribution in [0.1, 0.15) is 22.3 Å². The average molecular weight is 800 g/mol. The predicted molar refractivity (Wildman–Crippen MR) is 263 cm³/mol. The molecule has 0 amide bonds. The summed E-state index contributed by atoms with van der Waals surface area (Å²) in [5.74, 6) is 0. The van der Waals surface area contributed by atoms with Gasteiger partial charge in [-0.15, -0.1) is 0 Å². The van der Waals surface area contributed by atoms with Crippen LogP contribution in [-0.4, -0.2) is 0 Å². The van der Waals surface area contributed by atoms with Crippen molar-refractivity contribution in [1.29, 1.82) is 0 Å². The van der Waals surface area contributed by atoms with E-state index in [1.807, 2.05) is 0 Å². The Morgan fingerprint density at radius 3 is 1.41 bits per heavy atom. The number of para-hydroxylation sites is 2. The molecule has 1 spiro atoms. The summed E-state index contributed by atoms with van der Waals surface area (Å²) < 4.78 is 6.52. The second kappa shape index (κ2) is 12.9. The molecule has 1 aromatic heterocycles. The summed E-state index contributed by atoms with van der Waals surface area (Å²) in [7, 11) is 0. The van der Waals surface area contributed by atoms with E-state index in [1.165, 1.54) is 76.8 Å². The molecule has 2 aliphatic carbocycles. The van der Waals surface area contributed by atoms with Crippen LogP contribution in [0.2, 0.25) is 0 Å². The third-order valence-electron chi connectivity index (χ3n) is 14.1. The first-order chi connectivity index (χ1) is 31.3. The minimum Gasteiger partial charge on any atom is -0.456 e. The van der Waals surface area contributed by atoms with Gasteiger partial charge in [0.15, 0.2) is 0 Å². The van der Waals surface area contributed by atoms with Crippen LogP contribution < -0.4 is 4.90 Å². The molecule has 0 radical (unpaired) electrons. The van der Waals surface area contributed by atoms with Gasteiger partial charge in [-0.25, -0.2) is 0 Å². The summed E-state index contributed by atoms with van der Waals surface area (Å²) in [4.78, 5) is 2.57. The van der Waals surface area contributed by atoms with E-state index in [1.54, 1.807) is 0 Å². The zero-order valence-corrected chi connectivity index (χ0v) is 34.2. The van der Waals surface area contributed by atoms with Crippen LogP contribution in [-0.2, 0) is 5.41 Å². The fourth-order valence-corrected chi connectivity index (χ4v) is 11.7. The maximum Gasteiger partial charge on any atom is 0.136 e. The van der Waals surface area contributed by atoms with E-state index < -0.39 is 5.41 Å². The molecule has 0 bridgehead atoms. The van der Waals surface area contributed by atoms with Crippen molar-refractivity contribution in [3.05, 3.63) is 247 Å². The minimum atomic E-state index is -0.552. The van der Waals surface area contributed by atoms with Gasteiger partial charge in [-0.05, 0) is 113 Å². The van der Waals surface area contributed by atoms with Crippen LogP contribution in [0, 0.1) is 0 Å². The Morgan fingerprint density at radius 2 is 0.746 bits per heavy atom. The SMILES string of the molecule is c1ccc(N(c2ccc3c4ccccc4c4ccccc4c3c2)c2cccc3c2C2(c4ccccc4-c4ccccc42)c2ccccc2-3)c(-c2cccc3oc4ccccc4c23)c1. The molecule has 0 saturated heterocycles. The number of rotatable bonds is 4. The first kappa shape index (κ1) is 34.5. The summed E-state index contributed by atoms with van der Waals surface area (Å²) >= 11 is 0. The molecule has 2 nitrogen and oxygen atoms in total. The Hall–Kier alpha value is -8.20. The standard InChI is InChI=1S/C61H37NO/c1-2-19-41-39(17-1)40-18-3-4-20-42(40)51-37-38(35-36-43(41)51)62(55-31-13-8-24-47(55)48-26-16-34-58-59(48)50-25-9-14-33-57(50)63-58)56-32-15-27-49-46-23-7-12-30-54(46)61(60(49)56)52-28-10-5-21-44(52)45-22-6-11-29-53(45)61/h1-37H. The van der Waals surface area contributed by atoms with Crippen molar-refractivity contribution in [1.82, 2.24) is 0 Å². The smallest absolute Gasteiger partial charge is 0.136 e. The minimum absolute atomic E-state index is 0.552. The maximum atomic E-state index is 6.52. The van der Waals surface area contributed by atoms with Gasteiger partial charge in [0.25, 0.3) is 0 Å². The van der Waals surface area contributed by atoms with Crippen LogP contribution in [0.5, 0.6) is 0 Å². The quantitative estimate of drug-likeness (QED) is 0.165. The molecule has 0 aliphatic heterocycles. The van der Waals surface area contributed by atoms with Gasteiger partial charge in [-0.1, -0.05) is 188 Å². The van der Waals surface area contributed by atoms with Crippen molar-refractivity contribution in [3.8, 4) is 33.4 Å². The highest BCUT2D eigenvalue weighted by molar-refractivity contribution is 6.26. The molecular formula is C61H37NO. The van der Waals surface area contributed by atoms with Crippen molar-refractivity contribution >= 4 is 71.3 Å². The molecule has 2 heteroatoms. The largest absolute Gasteiger partial charge is 0.456 e. The molecular weight excluding hydrogens is 763 g/mol. The number of furan rings is 1. The van der Waals surface area contributed by atoms with Crippen molar-refractivity contribution in [2.45, 2.75) is 5.41 Å². The number of hydrogen-bond donors (Lipinski definition) is 0. The third-order valence-corrected chi connectivity index (χ3v) is 14.1. The fraction of sp³-hybridized carbons (Fsp3) is 0.0164. The molecule has 1 heterocycles. The molecule has 14 rings (SSSR count). The Balaban J connectivity index is 1.13. The molecule has 0 fully saturated rings. The van der Waals surface area contributed by atoms with E-state index in [0.717, 1.165) is 50.1 Å². The van der Waals surface area contributed by atoms with Crippen molar-refractivity contribution in [2.24, 2.45) is 0 Å². The van der Waals surface area contributed by atoms with E-state index in [4.69, 9.17) is 4.42 Å². The third kappa shape index (κ3) is 4.57. The lowest BCUT2D eigenvalue weighted by Crippen LogP contribution is -2.28. The maximum absolute atomic E-state index is 6.52. The van der Waals surface area contributed by atoms with Gasteiger partial charge in [0.05, 0.1) is 16.8 Å². The molecule has 0 atom stereocenters. The molecule has 11 aromatic carbocycles. The number of anilines is 3. The number of benzene rings is 11. The van der Waals surface area contributed by atoms with E-state index in [2.05, 4.69) is 229 Å². The van der Waals surface area contributed by atoms with Crippen LogP contribution in [0.15, 0.2) is 229 Å². The first-order valence-electron chi connectivity index (χ1n) is 21.8. The molecule has 63 heavy (non-hydrogen) atoms. The lowest BCUT2D eigenvalue weighted by atomic mass is 9.70. The Morgan fingerprint density at radius 1 is 0.302 bits per heavy atom. The number of hydrogen-bond acceptors (Lipinski definition) is 2. The normalized spacial score (nSPS) is 13.2. The van der Waals surface area contributed by atoms with Gasteiger partial charge in [0.2, 0.25) is 0 Å². The fourth-order valence-electron chi connectivity index (χ4n) is 11.7. The first-order valence-corrected chi connectivity index (χ1v) is 21.8. The van der Waals surface area contributed by atoms with E-state index >= 15 is 0 Å². The van der Waals surface area contributed by atoms with Crippen LogP contribution in [0.4, 0.5) is 17.1 Å². The molecule has 292 valence electrons. The zero-order chi connectivity index (χ0) is 41.2. The molecule has 0 saturated carbocycles. The summed E-state index contributed by atoms with van der Waals surface area (Å²) in [5, 5.41) is 9.76. The molecule has 0 unspecified atom stereocenters. The van der Waals surface area contributed by atoms with Crippen molar-refractivity contribution in [3.63, 3.8) is 0 Å². The Bertz CT molecular complexity index is 3790. The second-order valence-corrected chi connectivity index (χ2v) is 17.0. The van der Waals surface area contributed by atoms with Gasteiger partial charge in [0, 0.05) is 27.6 Å². The summed E-state index contributed by atoms with van der Waals surface area (Å²) in [6, 6.07) is 83.0. The molecule has 0 N–H and O–H groups in total. The van der Waals surface area contributed by atoms with Gasteiger partial charge >= 0.3 is 0 Å². The lowest BCUT2D eigenvalue weighted by molar-refractivity contribution is 0.669. The summed E-state index contributed by atoms with van der Waals surface area (Å²) in [5.41, 5.74) is 17.2. The number of nitrogens with zero attached hydrogens (tertiary/aromatic N) is 1. The van der Waals surface area contributed by atoms with E-state index in [9.17, 15) is 0 Å². The van der Waals surface area contributed by atoms with E-state index in [0.29, 0.717) is 0 Å². The van der Waals surface area contributed by atoms with Gasteiger partial charge in [-0.3, -0.25) is 0 Å². The highest BCUT2D eigenvalue weighted by Crippen LogP contribution is 2.65. The molecule has 12 aromatic rings. The predicted octanol–water partition coefficient (Wildman–Crippen LogP) is 16.5. The van der Waals surface area contributed by atoms with Crippen LogP contribution >= 0.6 is 0 Å². The van der Waals surface area contributed by atoms with Crippen molar-refractivity contribution in [2.75, 3.05) is 4.90 Å².